The smallest absolute Gasteiger partial charge is 0.318 e. The maximum absolute atomic E-state index is 14.1. The van der Waals surface area contributed by atoms with E-state index < -0.39 is 0 Å². The molecule has 1 aromatic heterocycles. The summed E-state index contributed by atoms with van der Waals surface area (Å²) >= 11 is 0. The van der Waals surface area contributed by atoms with Crippen LogP contribution in [0.5, 0.6) is 0 Å². The Kier molecular flexibility index (Phi) is 6.17. The summed E-state index contributed by atoms with van der Waals surface area (Å²) in [6.45, 7) is 2.59. The average molecular weight is 356 g/mol. The molecule has 1 aromatic carbocycles. The Labute approximate surface area is 153 Å². The standard InChI is InChI=1S/C20H25FN4O/c1-24-12-8-18(9-13-24)25(15-17-4-2-3-5-19(17)21)20(26)23-14-16-6-10-22-11-7-16/h2-7,10-11,18H,8-9,12-15H2,1H3,(H,23,26). The summed E-state index contributed by atoms with van der Waals surface area (Å²) in [5.74, 6) is -0.271. The first-order valence-corrected chi connectivity index (χ1v) is 8.99. The number of amides is 2. The van der Waals surface area contributed by atoms with E-state index in [1.807, 2.05) is 12.1 Å². The fourth-order valence-electron chi connectivity index (χ4n) is 3.26. The second-order valence-corrected chi connectivity index (χ2v) is 6.77. The lowest BCUT2D eigenvalue weighted by Crippen LogP contribution is -2.49. The number of benzene rings is 1. The van der Waals surface area contributed by atoms with Gasteiger partial charge in [0.2, 0.25) is 0 Å². The summed E-state index contributed by atoms with van der Waals surface area (Å²) < 4.78 is 14.1. The van der Waals surface area contributed by atoms with Crippen molar-refractivity contribution in [3.63, 3.8) is 0 Å². The van der Waals surface area contributed by atoms with Gasteiger partial charge in [0.05, 0.1) is 6.54 Å². The van der Waals surface area contributed by atoms with Gasteiger partial charge < -0.3 is 15.1 Å². The van der Waals surface area contributed by atoms with E-state index in [9.17, 15) is 9.18 Å². The van der Waals surface area contributed by atoms with Gasteiger partial charge in [0.25, 0.3) is 0 Å². The zero-order chi connectivity index (χ0) is 18.4. The number of likely N-dealkylation sites (tertiary alicyclic amines) is 1. The van der Waals surface area contributed by atoms with Crippen LogP contribution in [0.3, 0.4) is 0 Å². The van der Waals surface area contributed by atoms with Crippen LogP contribution in [0.15, 0.2) is 48.8 Å². The molecule has 138 valence electrons. The predicted molar refractivity (Wildman–Crippen MR) is 98.9 cm³/mol. The Bertz CT molecular complexity index is 717. The highest BCUT2D eigenvalue weighted by Crippen LogP contribution is 2.20. The van der Waals surface area contributed by atoms with E-state index in [0.29, 0.717) is 12.1 Å². The first kappa shape index (κ1) is 18.3. The SMILES string of the molecule is CN1CCC(N(Cc2ccccc2F)C(=O)NCc2ccncc2)CC1. The summed E-state index contributed by atoms with van der Waals surface area (Å²) in [6.07, 6.45) is 5.20. The van der Waals surface area contributed by atoms with Gasteiger partial charge in [-0.05, 0) is 56.7 Å². The second-order valence-electron chi connectivity index (χ2n) is 6.77. The minimum absolute atomic E-state index is 0.114. The third kappa shape index (κ3) is 4.79. The minimum atomic E-state index is -0.271. The lowest BCUT2D eigenvalue weighted by molar-refractivity contribution is 0.126. The molecule has 0 radical (unpaired) electrons. The molecule has 1 saturated heterocycles. The molecular weight excluding hydrogens is 331 g/mol. The van der Waals surface area contributed by atoms with Crippen LogP contribution in [-0.2, 0) is 13.1 Å². The summed E-state index contributed by atoms with van der Waals surface area (Å²) in [6, 6.07) is 10.4. The van der Waals surface area contributed by atoms with E-state index in [2.05, 4.69) is 22.2 Å². The van der Waals surface area contributed by atoms with Gasteiger partial charge in [-0.2, -0.15) is 0 Å². The summed E-state index contributed by atoms with van der Waals surface area (Å²) in [5, 5.41) is 2.97. The van der Waals surface area contributed by atoms with Crippen LogP contribution in [0.1, 0.15) is 24.0 Å². The molecule has 1 N–H and O–H groups in total. The Morgan fingerprint density at radius 2 is 1.92 bits per heavy atom. The molecule has 3 rings (SSSR count). The van der Waals surface area contributed by atoms with Crippen molar-refractivity contribution in [3.05, 3.63) is 65.7 Å². The number of hydrogen-bond donors (Lipinski definition) is 1. The van der Waals surface area contributed by atoms with Gasteiger partial charge in [-0.3, -0.25) is 4.98 Å². The number of carbonyl (C=O) groups is 1. The highest BCUT2D eigenvalue weighted by atomic mass is 19.1. The number of nitrogens with zero attached hydrogens (tertiary/aromatic N) is 3. The van der Waals surface area contributed by atoms with Gasteiger partial charge in [-0.1, -0.05) is 18.2 Å². The Morgan fingerprint density at radius 3 is 2.62 bits per heavy atom. The third-order valence-electron chi connectivity index (χ3n) is 4.88. The molecule has 1 fully saturated rings. The van der Waals surface area contributed by atoms with Gasteiger partial charge in [-0.15, -0.1) is 0 Å². The van der Waals surface area contributed by atoms with Crippen LogP contribution in [0.2, 0.25) is 0 Å². The average Bonchev–Trinajstić information content (AvgIpc) is 2.67. The first-order chi connectivity index (χ1) is 12.6. The topological polar surface area (TPSA) is 48.5 Å². The maximum atomic E-state index is 14.1. The molecule has 0 unspecified atom stereocenters. The Morgan fingerprint density at radius 1 is 1.23 bits per heavy atom. The molecule has 0 saturated carbocycles. The van der Waals surface area contributed by atoms with E-state index >= 15 is 0 Å². The highest BCUT2D eigenvalue weighted by Gasteiger charge is 2.27. The fourth-order valence-corrected chi connectivity index (χ4v) is 3.26. The molecule has 6 heteroatoms. The molecule has 0 aliphatic carbocycles. The van der Waals surface area contributed by atoms with Crippen molar-refractivity contribution in [2.75, 3.05) is 20.1 Å². The summed E-state index contributed by atoms with van der Waals surface area (Å²) in [5.41, 5.74) is 1.54. The molecule has 0 spiro atoms. The van der Waals surface area contributed by atoms with E-state index in [4.69, 9.17) is 0 Å². The molecular formula is C20H25FN4O. The number of piperidine rings is 1. The van der Waals surface area contributed by atoms with Gasteiger partial charge in [-0.25, -0.2) is 9.18 Å². The lowest BCUT2D eigenvalue weighted by atomic mass is 10.0. The quantitative estimate of drug-likeness (QED) is 0.896. The van der Waals surface area contributed by atoms with E-state index in [-0.39, 0.29) is 24.4 Å². The van der Waals surface area contributed by atoms with Crippen molar-refractivity contribution in [1.29, 1.82) is 0 Å². The predicted octanol–water partition coefficient (Wildman–Crippen LogP) is 3.03. The largest absolute Gasteiger partial charge is 0.334 e. The molecule has 2 aromatic rings. The maximum Gasteiger partial charge on any atom is 0.318 e. The van der Waals surface area contributed by atoms with Gasteiger partial charge >= 0.3 is 6.03 Å². The number of hydrogen-bond acceptors (Lipinski definition) is 3. The highest BCUT2D eigenvalue weighted by molar-refractivity contribution is 5.74. The Balaban J connectivity index is 1.71. The van der Waals surface area contributed by atoms with Crippen LogP contribution < -0.4 is 5.32 Å². The van der Waals surface area contributed by atoms with Crippen molar-refractivity contribution < 1.29 is 9.18 Å². The van der Waals surface area contributed by atoms with Crippen molar-refractivity contribution in [2.24, 2.45) is 0 Å². The zero-order valence-electron chi connectivity index (χ0n) is 15.1. The monoisotopic (exact) mass is 356 g/mol. The summed E-state index contributed by atoms with van der Waals surface area (Å²) in [4.78, 5) is 20.9. The molecule has 0 bridgehead atoms. The van der Waals surface area contributed by atoms with Crippen LogP contribution in [0.25, 0.3) is 0 Å². The van der Waals surface area contributed by atoms with Gasteiger partial charge in [0.15, 0.2) is 0 Å². The molecule has 1 aliphatic rings. The normalized spacial score (nSPS) is 15.6. The number of nitrogens with one attached hydrogen (secondary N) is 1. The molecule has 2 amide bonds. The second kappa shape index (κ2) is 8.76. The first-order valence-electron chi connectivity index (χ1n) is 8.99. The number of carbonyl (C=O) groups excluding carboxylic acids is 1. The van der Waals surface area contributed by atoms with Crippen molar-refractivity contribution in [1.82, 2.24) is 20.1 Å². The van der Waals surface area contributed by atoms with Crippen molar-refractivity contribution in [2.45, 2.75) is 32.0 Å². The number of urea groups is 1. The summed E-state index contributed by atoms with van der Waals surface area (Å²) in [7, 11) is 2.08. The Hall–Kier alpha value is -2.47. The van der Waals surface area contributed by atoms with E-state index in [1.165, 1.54) is 6.07 Å². The third-order valence-corrected chi connectivity index (χ3v) is 4.88. The number of aromatic nitrogens is 1. The van der Waals surface area contributed by atoms with Gasteiger partial charge in [0.1, 0.15) is 5.82 Å². The molecule has 2 heterocycles. The number of halogens is 1. The molecule has 0 atom stereocenters. The van der Waals surface area contributed by atoms with Crippen LogP contribution in [-0.4, -0.2) is 47.0 Å². The van der Waals surface area contributed by atoms with E-state index in [0.717, 1.165) is 31.5 Å². The van der Waals surface area contributed by atoms with Crippen LogP contribution >= 0.6 is 0 Å². The van der Waals surface area contributed by atoms with Crippen LogP contribution in [0, 0.1) is 5.82 Å². The lowest BCUT2D eigenvalue weighted by Gasteiger charge is -2.37. The number of pyridine rings is 1. The van der Waals surface area contributed by atoms with E-state index in [1.54, 1.807) is 35.5 Å². The molecule has 5 nitrogen and oxygen atoms in total. The van der Waals surface area contributed by atoms with Crippen LogP contribution in [0.4, 0.5) is 9.18 Å². The van der Waals surface area contributed by atoms with Crippen molar-refractivity contribution >= 4 is 6.03 Å². The van der Waals surface area contributed by atoms with Crippen molar-refractivity contribution in [3.8, 4) is 0 Å². The molecule has 26 heavy (non-hydrogen) atoms. The zero-order valence-corrected chi connectivity index (χ0v) is 15.1. The number of rotatable bonds is 5. The fraction of sp³-hybridized carbons (Fsp3) is 0.400. The minimum Gasteiger partial charge on any atom is -0.334 e. The van der Waals surface area contributed by atoms with Gasteiger partial charge in [0, 0.05) is 30.5 Å². The molecule has 1 aliphatic heterocycles.